The Morgan fingerprint density at radius 3 is 2.85 bits per heavy atom. The number of nitrogens with zero attached hydrogens (tertiary/aromatic N) is 1. The number of carbonyl (C=O) groups is 2. The van der Waals surface area contributed by atoms with E-state index in [-0.39, 0.29) is 23.7 Å². The maximum absolute atomic E-state index is 13.0. The van der Waals surface area contributed by atoms with Crippen molar-refractivity contribution in [1.29, 1.82) is 0 Å². The number of halogens is 1. The molecule has 0 N–H and O–H groups in total. The van der Waals surface area contributed by atoms with E-state index in [1.807, 2.05) is 0 Å². The Labute approximate surface area is 119 Å². The first kappa shape index (κ1) is 14.9. The second kappa shape index (κ2) is 5.49. The van der Waals surface area contributed by atoms with E-state index in [1.54, 1.807) is 12.3 Å². The van der Waals surface area contributed by atoms with Crippen LogP contribution in [0.25, 0.3) is 0 Å². The first-order valence-corrected chi connectivity index (χ1v) is 8.15. The molecule has 1 fully saturated rings. The Bertz CT molecular complexity index is 639. The lowest BCUT2D eigenvalue weighted by Gasteiger charge is -2.16. The number of thiophene rings is 1. The Kier molecular flexibility index (Phi) is 4.09. The number of hydrogen-bond acceptors (Lipinski definition) is 6. The van der Waals surface area contributed by atoms with E-state index >= 15 is 0 Å². The van der Waals surface area contributed by atoms with Crippen molar-refractivity contribution >= 4 is 39.1 Å². The third-order valence-electron chi connectivity index (χ3n) is 2.88. The highest BCUT2D eigenvalue weighted by atomic mass is 32.3. The fourth-order valence-electron chi connectivity index (χ4n) is 1.96. The molecular formula is C11H12FNO5S2. The van der Waals surface area contributed by atoms with Crippen LogP contribution < -0.4 is 4.90 Å². The molecule has 1 saturated heterocycles. The lowest BCUT2D eigenvalue weighted by Crippen LogP contribution is -2.28. The van der Waals surface area contributed by atoms with E-state index in [0.29, 0.717) is 0 Å². The van der Waals surface area contributed by atoms with Gasteiger partial charge in [-0.3, -0.25) is 4.79 Å². The monoisotopic (exact) mass is 321 g/mol. The molecular weight excluding hydrogens is 309 g/mol. The van der Waals surface area contributed by atoms with Crippen LogP contribution in [0, 0.1) is 0 Å². The van der Waals surface area contributed by atoms with Gasteiger partial charge in [0.25, 0.3) is 0 Å². The highest BCUT2D eigenvalue weighted by molar-refractivity contribution is 7.87. The third-order valence-corrected chi connectivity index (χ3v) is 4.88. The number of hydrogen-bond donors (Lipinski definition) is 0. The van der Waals surface area contributed by atoms with Crippen LogP contribution >= 0.6 is 11.3 Å². The Morgan fingerprint density at radius 1 is 1.60 bits per heavy atom. The van der Waals surface area contributed by atoms with Crippen LogP contribution in [0.1, 0.15) is 23.0 Å². The molecule has 0 bridgehead atoms. The lowest BCUT2D eigenvalue weighted by molar-refractivity contribution is -0.117. The second-order valence-electron chi connectivity index (χ2n) is 4.16. The first-order valence-electron chi connectivity index (χ1n) is 5.83. The number of ether oxygens (including phenoxy) is 1. The van der Waals surface area contributed by atoms with Crippen molar-refractivity contribution in [2.75, 3.05) is 18.1 Å². The van der Waals surface area contributed by atoms with Gasteiger partial charge in [-0.15, -0.1) is 15.2 Å². The highest BCUT2D eigenvalue weighted by Crippen LogP contribution is 2.32. The van der Waals surface area contributed by atoms with Gasteiger partial charge in [0.1, 0.15) is 10.1 Å². The van der Waals surface area contributed by atoms with Crippen LogP contribution in [-0.2, 0) is 19.8 Å². The van der Waals surface area contributed by atoms with Gasteiger partial charge < -0.3 is 9.64 Å². The van der Waals surface area contributed by atoms with E-state index in [4.69, 9.17) is 4.74 Å². The number of anilines is 1. The summed E-state index contributed by atoms with van der Waals surface area (Å²) in [5.41, 5.74) is 0.268. The molecule has 0 aromatic carbocycles. The fraction of sp³-hybridized carbons (Fsp3) is 0.455. The minimum Gasteiger partial charge on any atom is -0.462 e. The predicted molar refractivity (Wildman–Crippen MR) is 71.1 cm³/mol. The highest BCUT2D eigenvalue weighted by Gasteiger charge is 2.40. The molecule has 110 valence electrons. The maximum atomic E-state index is 13.0. The van der Waals surface area contributed by atoms with Crippen LogP contribution in [0.4, 0.5) is 9.57 Å². The summed E-state index contributed by atoms with van der Waals surface area (Å²) in [6, 6.07) is 1.52. The van der Waals surface area contributed by atoms with Gasteiger partial charge in [-0.25, -0.2) is 4.79 Å². The largest absolute Gasteiger partial charge is 0.462 e. The summed E-state index contributed by atoms with van der Waals surface area (Å²) in [5, 5.41) is 0.205. The zero-order valence-corrected chi connectivity index (χ0v) is 12.2. The minimum atomic E-state index is -4.78. The first-order chi connectivity index (χ1) is 9.34. The molecule has 1 aromatic rings. The molecule has 1 atom stereocenters. The van der Waals surface area contributed by atoms with Crippen molar-refractivity contribution in [3.8, 4) is 0 Å². The molecule has 1 amide bonds. The van der Waals surface area contributed by atoms with Crippen LogP contribution in [0.5, 0.6) is 0 Å². The Balaban J connectivity index is 2.28. The number of rotatable bonds is 4. The van der Waals surface area contributed by atoms with E-state index in [2.05, 4.69) is 0 Å². The second-order valence-corrected chi connectivity index (χ2v) is 6.70. The standard InChI is InChI=1S/C11H12FNO5S2/c1-2-18-11(15)10-8(3-4-19-10)13-6-7(5-9(13)14)20(12,16)17/h3-4,7H,2,5-6H2,1H3. The molecule has 1 aliphatic heterocycles. The summed E-state index contributed by atoms with van der Waals surface area (Å²) in [4.78, 5) is 24.9. The van der Waals surface area contributed by atoms with Crippen molar-refractivity contribution in [1.82, 2.24) is 0 Å². The summed E-state index contributed by atoms with van der Waals surface area (Å²) in [5.74, 6) is -1.11. The van der Waals surface area contributed by atoms with Crippen molar-refractivity contribution in [3.63, 3.8) is 0 Å². The molecule has 20 heavy (non-hydrogen) atoms. The Hall–Kier alpha value is -1.48. The predicted octanol–water partition coefficient (Wildman–Crippen LogP) is 1.33. The van der Waals surface area contributed by atoms with Gasteiger partial charge in [0.2, 0.25) is 5.91 Å². The summed E-state index contributed by atoms with van der Waals surface area (Å²) >= 11 is 1.08. The molecule has 1 aromatic heterocycles. The van der Waals surface area contributed by atoms with Crippen LogP contribution in [-0.4, -0.2) is 38.7 Å². The molecule has 2 rings (SSSR count). The average molecular weight is 321 g/mol. The fourth-order valence-corrected chi connectivity index (χ4v) is 3.42. The summed E-state index contributed by atoms with van der Waals surface area (Å²) < 4.78 is 39.6. The summed E-state index contributed by atoms with van der Waals surface area (Å²) in [6.07, 6.45) is -0.420. The zero-order valence-electron chi connectivity index (χ0n) is 10.5. The quantitative estimate of drug-likeness (QED) is 0.617. The van der Waals surface area contributed by atoms with Crippen molar-refractivity contribution in [2.45, 2.75) is 18.6 Å². The molecule has 0 radical (unpaired) electrons. The number of amides is 1. The van der Waals surface area contributed by atoms with Gasteiger partial charge in [0, 0.05) is 13.0 Å². The molecule has 0 saturated carbocycles. The minimum absolute atomic E-state index is 0.186. The molecule has 6 nitrogen and oxygen atoms in total. The van der Waals surface area contributed by atoms with Crippen molar-refractivity contribution in [2.24, 2.45) is 0 Å². The van der Waals surface area contributed by atoms with Crippen LogP contribution in [0.2, 0.25) is 0 Å². The van der Waals surface area contributed by atoms with Crippen LogP contribution in [0.3, 0.4) is 0 Å². The van der Waals surface area contributed by atoms with Gasteiger partial charge in [0.05, 0.1) is 12.3 Å². The smallest absolute Gasteiger partial charge is 0.350 e. The number of esters is 1. The normalized spacial score (nSPS) is 19.4. The van der Waals surface area contributed by atoms with Gasteiger partial charge in [-0.05, 0) is 18.4 Å². The molecule has 0 spiro atoms. The molecule has 0 aliphatic carbocycles. The SMILES string of the molecule is CCOC(=O)c1sccc1N1CC(S(=O)(=O)F)CC1=O. The molecule has 2 heterocycles. The Morgan fingerprint density at radius 2 is 2.30 bits per heavy atom. The average Bonchev–Trinajstić information content (AvgIpc) is 2.94. The van der Waals surface area contributed by atoms with E-state index in [0.717, 1.165) is 16.2 Å². The summed E-state index contributed by atoms with van der Waals surface area (Å²) in [6.45, 7) is 1.55. The zero-order chi connectivity index (χ0) is 14.9. The summed E-state index contributed by atoms with van der Waals surface area (Å²) in [7, 11) is -4.78. The topological polar surface area (TPSA) is 80.8 Å². The maximum Gasteiger partial charge on any atom is 0.350 e. The molecule has 1 unspecified atom stereocenters. The molecule has 1 aliphatic rings. The molecule has 9 heteroatoms. The van der Waals surface area contributed by atoms with E-state index < -0.39 is 33.8 Å². The number of carbonyl (C=O) groups excluding carboxylic acids is 2. The van der Waals surface area contributed by atoms with Crippen molar-refractivity contribution < 1.29 is 26.6 Å². The van der Waals surface area contributed by atoms with Gasteiger partial charge in [-0.2, -0.15) is 8.42 Å². The van der Waals surface area contributed by atoms with Crippen LogP contribution in [0.15, 0.2) is 11.4 Å². The van der Waals surface area contributed by atoms with Crippen molar-refractivity contribution in [3.05, 3.63) is 16.3 Å². The third kappa shape index (κ3) is 2.83. The van der Waals surface area contributed by atoms with E-state index in [9.17, 15) is 21.9 Å². The van der Waals surface area contributed by atoms with Gasteiger partial charge in [-0.1, -0.05) is 0 Å². The van der Waals surface area contributed by atoms with E-state index in [1.165, 1.54) is 6.07 Å². The lowest BCUT2D eigenvalue weighted by atomic mass is 10.3. The van der Waals surface area contributed by atoms with Gasteiger partial charge in [0.15, 0.2) is 0 Å². The van der Waals surface area contributed by atoms with Gasteiger partial charge >= 0.3 is 16.2 Å².